The van der Waals surface area contributed by atoms with Crippen molar-refractivity contribution in [2.75, 3.05) is 12.0 Å². The highest BCUT2D eigenvalue weighted by Gasteiger charge is 2.48. The number of methoxy groups -OCH3 is 1. The number of aryl methyl sites for hydroxylation is 1. The first-order chi connectivity index (χ1) is 14.4. The Hall–Kier alpha value is -3.94. The summed E-state index contributed by atoms with van der Waals surface area (Å²) < 4.78 is 24.9. The van der Waals surface area contributed by atoms with E-state index in [-0.39, 0.29) is 22.5 Å². The van der Waals surface area contributed by atoms with E-state index >= 15 is 0 Å². The fourth-order valence-electron chi connectivity index (χ4n) is 3.45. The van der Waals surface area contributed by atoms with E-state index in [9.17, 15) is 19.1 Å². The van der Waals surface area contributed by atoms with Crippen LogP contribution in [0.15, 0.2) is 64.7 Å². The molecule has 1 aliphatic rings. The smallest absolute Gasteiger partial charge is 0.301 e. The van der Waals surface area contributed by atoms with Gasteiger partial charge < -0.3 is 14.4 Å². The zero-order chi connectivity index (χ0) is 21.4. The van der Waals surface area contributed by atoms with Crippen molar-refractivity contribution in [2.45, 2.75) is 13.0 Å². The lowest BCUT2D eigenvalue weighted by molar-refractivity contribution is -0.132. The van der Waals surface area contributed by atoms with E-state index in [1.807, 2.05) is 0 Å². The highest BCUT2D eigenvalue weighted by Crippen LogP contribution is 2.42. The van der Waals surface area contributed by atoms with Crippen LogP contribution in [0.5, 0.6) is 5.75 Å². The Morgan fingerprint density at radius 3 is 2.60 bits per heavy atom. The summed E-state index contributed by atoms with van der Waals surface area (Å²) in [6.45, 7) is 1.63. The summed E-state index contributed by atoms with van der Waals surface area (Å²) in [5.41, 5.74) is 0.0471. The topological polar surface area (TPSA) is 92.9 Å². The zero-order valence-electron chi connectivity index (χ0n) is 16.1. The minimum absolute atomic E-state index is 0.0433. The molecule has 1 aliphatic heterocycles. The van der Waals surface area contributed by atoms with Gasteiger partial charge in [0.15, 0.2) is 5.82 Å². The number of hydrogen-bond donors (Lipinski definition) is 1. The number of aliphatic hydroxyl groups is 1. The summed E-state index contributed by atoms with van der Waals surface area (Å²) in [5.74, 6) is -2.07. The summed E-state index contributed by atoms with van der Waals surface area (Å²) in [6, 6.07) is 12.4. The Morgan fingerprint density at radius 2 is 1.93 bits per heavy atom. The number of aromatic nitrogens is 1. The number of halogens is 1. The van der Waals surface area contributed by atoms with Crippen LogP contribution >= 0.6 is 0 Å². The number of anilines is 1. The maximum absolute atomic E-state index is 14.7. The van der Waals surface area contributed by atoms with Gasteiger partial charge in [0.2, 0.25) is 0 Å². The second-order valence-electron chi connectivity index (χ2n) is 6.72. The lowest BCUT2D eigenvalue weighted by atomic mass is 9.95. The number of rotatable bonds is 4. The minimum Gasteiger partial charge on any atom is -0.507 e. The van der Waals surface area contributed by atoms with Gasteiger partial charge in [-0.25, -0.2) is 4.39 Å². The van der Waals surface area contributed by atoms with Gasteiger partial charge in [0, 0.05) is 17.2 Å². The van der Waals surface area contributed by atoms with E-state index in [1.54, 1.807) is 31.2 Å². The maximum Gasteiger partial charge on any atom is 0.301 e. The van der Waals surface area contributed by atoms with Crippen molar-refractivity contribution >= 4 is 23.3 Å². The second kappa shape index (κ2) is 7.47. The van der Waals surface area contributed by atoms with Crippen LogP contribution < -0.4 is 9.64 Å². The zero-order valence-corrected chi connectivity index (χ0v) is 16.1. The van der Waals surface area contributed by atoms with Gasteiger partial charge in [0.1, 0.15) is 23.1 Å². The molecule has 1 amide bonds. The fraction of sp³-hybridized carbons (Fsp3) is 0.136. The third-order valence-electron chi connectivity index (χ3n) is 4.85. The number of nitrogens with zero attached hydrogens (tertiary/aromatic N) is 2. The summed E-state index contributed by atoms with van der Waals surface area (Å²) >= 11 is 0. The molecule has 1 saturated heterocycles. The summed E-state index contributed by atoms with van der Waals surface area (Å²) in [6.07, 6.45) is 0. The molecule has 1 atom stereocenters. The maximum atomic E-state index is 14.7. The van der Waals surface area contributed by atoms with Crippen LogP contribution in [0.4, 0.5) is 10.2 Å². The van der Waals surface area contributed by atoms with E-state index in [1.165, 1.54) is 37.4 Å². The molecule has 0 radical (unpaired) electrons. The molecular formula is C22H17FN2O5. The monoisotopic (exact) mass is 408 g/mol. The molecule has 1 aromatic heterocycles. The van der Waals surface area contributed by atoms with Gasteiger partial charge in [0.05, 0.1) is 18.7 Å². The average Bonchev–Trinajstić information content (AvgIpc) is 3.29. The van der Waals surface area contributed by atoms with Crippen molar-refractivity contribution in [1.82, 2.24) is 5.16 Å². The van der Waals surface area contributed by atoms with E-state index < -0.39 is 29.3 Å². The molecule has 0 spiro atoms. The van der Waals surface area contributed by atoms with Gasteiger partial charge in [-0.15, -0.1) is 0 Å². The molecule has 3 aromatic rings. The third kappa shape index (κ3) is 3.12. The van der Waals surface area contributed by atoms with E-state index in [0.29, 0.717) is 11.5 Å². The van der Waals surface area contributed by atoms with Gasteiger partial charge in [-0.3, -0.25) is 14.5 Å². The van der Waals surface area contributed by atoms with Gasteiger partial charge >= 0.3 is 5.91 Å². The average molecular weight is 408 g/mol. The highest BCUT2D eigenvalue weighted by molar-refractivity contribution is 6.51. The van der Waals surface area contributed by atoms with Gasteiger partial charge in [-0.1, -0.05) is 35.5 Å². The molecule has 2 heterocycles. The Labute approximate surface area is 171 Å². The number of Topliss-reactive ketones (excluding diaryl/α,β-unsaturated/α-hetero) is 1. The predicted octanol–water partition coefficient (Wildman–Crippen LogP) is 3.76. The van der Waals surface area contributed by atoms with E-state index in [0.717, 1.165) is 4.90 Å². The number of benzene rings is 2. The normalized spacial score (nSPS) is 18.1. The predicted molar refractivity (Wildman–Crippen MR) is 105 cm³/mol. The Bertz CT molecular complexity index is 1180. The second-order valence-corrected chi connectivity index (χ2v) is 6.72. The molecule has 2 aromatic carbocycles. The number of carbonyl (C=O) groups is 2. The molecule has 1 N–H and O–H groups in total. The highest BCUT2D eigenvalue weighted by atomic mass is 19.1. The molecule has 1 unspecified atom stereocenters. The number of carbonyl (C=O) groups excluding carboxylic acids is 2. The van der Waals surface area contributed by atoms with Crippen molar-refractivity contribution in [3.8, 4) is 5.75 Å². The number of aliphatic hydroxyl groups excluding tert-OH is 1. The molecule has 152 valence electrons. The lowest BCUT2D eigenvalue weighted by Crippen LogP contribution is -2.30. The van der Waals surface area contributed by atoms with Crippen LogP contribution in [0, 0.1) is 12.7 Å². The summed E-state index contributed by atoms with van der Waals surface area (Å²) in [7, 11) is 1.46. The number of ketones is 1. The standard InChI is InChI=1S/C22H17FN2O5/c1-12-10-17(24-30-12)25-19(15-8-3-4-9-16(15)23)18(21(27)22(25)28)20(26)13-6-5-7-14(11-13)29-2/h3-11,19,26H,1-2H3/b20-18+. The SMILES string of the molecule is COc1cccc(/C(O)=C2\C(=O)C(=O)N(c3cc(C)on3)C2c2ccccc2F)c1. The number of hydrogen-bond acceptors (Lipinski definition) is 6. The molecule has 8 heteroatoms. The molecule has 7 nitrogen and oxygen atoms in total. The van der Waals surface area contributed by atoms with Crippen LogP contribution in [0.1, 0.15) is 22.9 Å². The summed E-state index contributed by atoms with van der Waals surface area (Å²) in [4.78, 5) is 26.9. The van der Waals surface area contributed by atoms with Gasteiger partial charge in [-0.2, -0.15) is 0 Å². The van der Waals surface area contributed by atoms with Crippen LogP contribution in [0.3, 0.4) is 0 Å². The van der Waals surface area contributed by atoms with E-state index in [2.05, 4.69) is 5.16 Å². The first kappa shape index (κ1) is 19.4. The van der Waals surface area contributed by atoms with Crippen molar-refractivity contribution < 1.29 is 28.3 Å². The molecule has 0 saturated carbocycles. The van der Waals surface area contributed by atoms with Crippen LogP contribution in [0.25, 0.3) is 5.76 Å². The molecular weight excluding hydrogens is 391 g/mol. The van der Waals surface area contributed by atoms with Crippen molar-refractivity contribution in [3.63, 3.8) is 0 Å². The molecule has 0 aliphatic carbocycles. The van der Waals surface area contributed by atoms with E-state index in [4.69, 9.17) is 9.26 Å². The Kier molecular flexibility index (Phi) is 4.83. The minimum atomic E-state index is -1.22. The van der Waals surface area contributed by atoms with Gasteiger partial charge in [-0.05, 0) is 25.1 Å². The number of amides is 1. The number of ether oxygens (including phenoxy) is 1. The first-order valence-corrected chi connectivity index (χ1v) is 9.05. The van der Waals surface area contributed by atoms with Crippen molar-refractivity contribution in [2.24, 2.45) is 0 Å². The fourth-order valence-corrected chi connectivity index (χ4v) is 3.45. The Balaban J connectivity index is 1.97. The van der Waals surface area contributed by atoms with Gasteiger partial charge in [0.25, 0.3) is 5.78 Å². The first-order valence-electron chi connectivity index (χ1n) is 9.05. The molecule has 0 bridgehead atoms. The molecule has 4 rings (SSSR count). The van der Waals surface area contributed by atoms with Crippen molar-refractivity contribution in [3.05, 3.63) is 82.9 Å². The quantitative estimate of drug-likeness (QED) is 0.401. The molecule has 1 fully saturated rings. The lowest BCUT2D eigenvalue weighted by Gasteiger charge is -2.23. The summed E-state index contributed by atoms with van der Waals surface area (Å²) in [5, 5.41) is 14.8. The largest absolute Gasteiger partial charge is 0.507 e. The van der Waals surface area contributed by atoms with Crippen LogP contribution in [0.2, 0.25) is 0 Å². The molecule has 30 heavy (non-hydrogen) atoms. The van der Waals surface area contributed by atoms with Crippen LogP contribution in [-0.2, 0) is 9.59 Å². The Morgan fingerprint density at radius 1 is 1.17 bits per heavy atom. The third-order valence-corrected chi connectivity index (χ3v) is 4.85. The van der Waals surface area contributed by atoms with Crippen molar-refractivity contribution in [1.29, 1.82) is 0 Å². The van der Waals surface area contributed by atoms with Crippen LogP contribution in [-0.4, -0.2) is 29.1 Å².